The normalized spacial score (nSPS) is 11.2. The molecule has 0 radical (unpaired) electrons. The molecule has 2 aromatic heterocycles. The predicted octanol–water partition coefficient (Wildman–Crippen LogP) is 8.89. The van der Waals surface area contributed by atoms with E-state index in [1.807, 2.05) is 54.7 Å². The molecule has 0 unspecified atom stereocenters. The zero-order valence-corrected chi connectivity index (χ0v) is 22.7. The van der Waals surface area contributed by atoms with Gasteiger partial charge in [0.15, 0.2) is 0 Å². The van der Waals surface area contributed by atoms with E-state index in [4.69, 9.17) is 37.3 Å². The Hall–Kier alpha value is -4.26. The Balaban J connectivity index is 1.27. The first-order chi connectivity index (χ1) is 18.9. The second kappa shape index (κ2) is 11.6. The van der Waals surface area contributed by atoms with Gasteiger partial charge in [-0.15, -0.1) is 0 Å². The van der Waals surface area contributed by atoms with Crippen LogP contribution in [0.15, 0.2) is 89.5 Å². The number of carbonyl (C=O) groups is 1. The first-order valence-electron chi connectivity index (χ1n) is 12.2. The number of nitrogens with zero attached hydrogens (tertiary/aromatic N) is 2. The Morgan fingerprint density at radius 2 is 1.67 bits per heavy atom. The van der Waals surface area contributed by atoms with Crippen LogP contribution < -0.4 is 4.74 Å². The molecule has 0 saturated heterocycles. The Kier molecular flexibility index (Phi) is 7.87. The van der Waals surface area contributed by atoms with Crippen molar-refractivity contribution < 1.29 is 18.7 Å². The van der Waals surface area contributed by atoms with E-state index in [1.165, 1.54) is 13.2 Å². The van der Waals surface area contributed by atoms with E-state index in [0.717, 1.165) is 40.3 Å². The Morgan fingerprint density at radius 3 is 2.33 bits per heavy atom. The molecule has 0 spiro atoms. The Labute approximate surface area is 236 Å². The largest absolute Gasteiger partial charge is 0.463 e. The molecule has 0 atom stereocenters. The molecule has 0 N–H and O–H groups in total. The summed E-state index contributed by atoms with van der Waals surface area (Å²) in [5, 5.41) is 1.17. The minimum Gasteiger partial charge on any atom is -0.463 e. The number of benzene rings is 3. The van der Waals surface area contributed by atoms with Crippen molar-refractivity contribution >= 4 is 41.3 Å². The van der Waals surface area contributed by atoms with E-state index >= 15 is 0 Å². The molecule has 0 amide bonds. The van der Waals surface area contributed by atoms with Crippen LogP contribution in [0.5, 0.6) is 11.7 Å². The fourth-order valence-electron chi connectivity index (χ4n) is 4.02. The van der Waals surface area contributed by atoms with Gasteiger partial charge in [-0.25, -0.2) is 9.78 Å². The molecule has 0 fully saturated rings. The maximum Gasteiger partial charge on any atom is 0.374 e. The minimum absolute atomic E-state index is 0.0864. The monoisotopic (exact) mass is 558 g/mol. The van der Waals surface area contributed by atoms with E-state index < -0.39 is 5.97 Å². The molecule has 0 bridgehead atoms. The lowest BCUT2D eigenvalue weighted by Gasteiger charge is -2.05. The van der Waals surface area contributed by atoms with Gasteiger partial charge < -0.3 is 18.5 Å². The van der Waals surface area contributed by atoms with Crippen LogP contribution in [0.2, 0.25) is 10.0 Å². The number of rotatable bonds is 8. The number of esters is 1. The van der Waals surface area contributed by atoms with Crippen molar-refractivity contribution in [1.29, 1.82) is 0 Å². The first kappa shape index (κ1) is 26.4. The SMILES string of the molecule is CCn1cc(-c2ccc(Cl)cc2Cl)nc1C=Cc1ccc(-c2ccc(Oc3ccc(C(=O)OC)o3)cc2)cc1. The number of ether oxygens (including phenoxy) is 2. The maximum atomic E-state index is 11.5. The number of halogens is 2. The van der Waals surface area contributed by atoms with Crippen LogP contribution >= 0.6 is 23.2 Å². The number of hydrogen-bond donors (Lipinski definition) is 0. The number of imidazole rings is 1. The molecule has 2 heterocycles. The van der Waals surface area contributed by atoms with Gasteiger partial charge in [0, 0.05) is 29.4 Å². The highest BCUT2D eigenvalue weighted by molar-refractivity contribution is 6.36. The fraction of sp³-hybridized carbons (Fsp3) is 0.0968. The number of furan rings is 1. The van der Waals surface area contributed by atoms with Gasteiger partial charge in [0.05, 0.1) is 17.8 Å². The zero-order chi connectivity index (χ0) is 27.4. The summed E-state index contributed by atoms with van der Waals surface area (Å²) in [7, 11) is 1.30. The zero-order valence-electron chi connectivity index (χ0n) is 21.2. The van der Waals surface area contributed by atoms with Crippen LogP contribution in [0, 0.1) is 0 Å². The van der Waals surface area contributed by atoms with Gasteiger partial charge in [-0.3, -0.25) is 0 Å². The van der Waals surface area contributed by atoms with Gasteiger partial charge in [-0.05, 0) is 66.1 Å². The average molecular weight is 559 g/mol. The van der Waals surface area contributed by atoms with Crippen LogP contribution in [-0.2, 0) is 11.3 Å². The van der Waals surface area contributed by atoms with Gasteiger partial charge in [0.2, 0.25) is 5.76 Å². The minimum atomic E-state index is -0.554. The quantitative estimate of drug-likeness (QED) is 0.178. The lowest BCUT2D eigenvalue weighted by molar-refractivity contribution is 0.0560. The molecule has 3 aromatic carbocycles. The van der Waals surface area contributed by atoms with Crippen LogP contribution in [0.3, 0.4) is 0 Å². The standard InChI is InChI=1S/C31H24Cl2N2O4/c1-3-35-19-27(25-14-11-23(32)18-26(25)33)34-29(35)16-6-20-4-7-21(8-5-20)22-9-12-24(13-10-22)38-30-17-15-28(39-30)31(36)37-2/h4-19H,3H2,1-2H3. The molecule has 0 saturated carbocycles. The fourth-order valence-corrected chi connectivity index (χ4v) is 4.52. The van der Waals surface area contributed by atoms with Gasteiger partial charge in [-0.1, -0.05) is 65.7 Å². The van der Waals surface area contributed by atoms with Gasteiger partial charge in [0.1, 0.15) is 11.6 Å². The van der Waals surface area contributed by atoms with Crippen molar-refractivity contribution in [1.82, 2.24) is 9.55 Å². The summed E-state index contributed by atoms with van der Waals surface area (Å²) in [6, 6.07) is 24.4. The topological polar surface area (TPSA) is 66.5 Å². The van der Waals surface area contributed by atoms with Crippen molar-refractivity contribution in [3.8, 4) is 34.1 Å². The third-order valence-electron chi connectivity index (χ3n) is 6.06. The summed E-state index contributed by atoms with van der Waals surface area (Å²) in [4.78, 5) is 16.3. The highest BCUT2D eigenvalue weighted by atomic mass is 35.5. The summed E-state index contributed by atoms with van der Waals surface area (Å²) >= 11 is 12.4. The molecule has 0 aliphatic rings. The third kappa shape index (κ3) is 6.08. The summed E-state index contributed by atoms with van der Waals surface area (Å²) in [5.41, 5.74) is 4.81. The number of hydrogen-bond acceptors (Lipinski definition) is 5. The molecule has 196 valence electrons. The van der Waals surface area contributed by atoms with Crippen molar-refractivity contribution in [3.63, 3.8) is 0 Å². The molecule has 8 heteroatoms. The van der Waals surface area contributed by atoms with Gasteiger partial charge in [-0.2, -0.15) is 0 Å². The van der Waals surface area contributed by atoms with Crippen LogP contribution in [0.25, 0.3) is 34.5 Å². The summed E-state index contributed by atoms with van der Waals surface area (Å²) in [5.74, 6) is 1.18. The predicted molar refractivity (Wildman–Crippen MR) is 154 cm³/mol. The number of methoxy groups -OCH3 is 1. The molecule has 0 aliphatic carbocycles. The first-order valence-corrected chi connectivity index (χ1v) is 13.0. The molecule has 5 aromatic rings. The summed E-state index contributed by atoms with van der Waals surface area (Å²) < 4.78 is 17.8. The van der Waals surface area contributed by atoms with E-state index in [-0.39, 0.29) is 11.7 Å². The van der Waals surface area contributed by atoms with E-state index in [1.54, 1.807) is 12.1 Å². The molecule has 5 rings (SSSR count). The Bertz CT molecular complexity index is 1630. The van der Waals surface area contributed by atoms with Crippen molar-refractivity contribution in [2.24, 2.45) is 0 Å². The van der Waals surface area contributed by atoms with Crippen molar-refractivity contribution in [2.45, 2.75) is 13.5 Å². The highest BCUT2D eigenvalue weighted by Gasteiger charge is 2.13. The lowest BCUT2D eigenvalue weighted by atomic mass is 10.0. The molecular weight excluding hydrogens is 535 g/mol. The lowest BCUT2D eigenvalue weighted by Crippen LogP contribution is -1.98. The number of aryl methyl sites for hydroxylation is 1. The molecule has 39 heavy (non-hydrogen) atoms. The van der Waals surface area contributed by atoms with E-state index in [9.17, 15) is 4.79 Å². The van der Waals surface area contributed by atoms with E-state index in [2.05, 4.69) is 40.5 Å². The third-order valence-corrected chi connectivity index (χ3v) is 6.61. The van der Waals surface area contributed by atoms with Crippen molar-refractivity contribution in [2.75, 3.05) is 7.11 Å². The second-order valence-electron chi connectivity index (χ2n) is 8.59. The number of carbonyl (C=O) groups excluding carboxylic acids is 1. The Morgan fingerprint density at radius 1 is 0.949 bits per heavy atom. The summed E-state index contributed by atoms with van der Waals surface area (Å²) in [6.07, 6.45) is 6.03. The van der Waals surface area contributed by atoms with Crippen LogP contribution in [-0.4, -0.2) is 22.6 Å². The van der Waals surface area contributed by atoms with Gasteiger partial charge >= 0.3 is 5.97 Å². The maximum absolute atomic E-state index is 11.5. The van der Waals surface area contributed by atoms with Crippen molar-refractivity contribution in [3.05, 3.63) is 112 Å². The van der Waals surface area contributed by atoms with Crippen LogP contribution in [0.4, 0.5) is 0 Å². The number of aromatic nitrogens is 2. The van der Waals surface area contributed by atoms with E-state index in [0.29, 0.717) is 15.8 Å². The smallest absolute Gasteiger partial charge is 0.374 e. The summed E-state index contributed by atoms with van der Waals surface area (Å²) in [6.45, 7) is 2.86. The molecular formula is C31H24Cl2N2O4. The molecule has 0 aliphatic heterocycles. The molecule has 6 nitrogen and oxygen atoms in total. The van der Waals surface area contributed by atoms with Crippen LogP contribution in [0.1, 0.15) is 28.9 Å². The highest BCUT2D eigenvalue weighted by Crippen LogP contribution is 2.31. The van der Waals surface area contributed by atoms with Gasteiger partial charge in [0.25, 0.3) is 5.95 Å². The average Bonchev–Trinajstić information content (AvgIpc) is 3.59. The second-order valence-corrected chi connectivity index (χ2v) is 9.43.